The van der Waals surface area contributed by atoms with Crippen LogP contribution >= 0.6 is 0 Å². The molecule has 0 aromatic carbocycles. The van der Waals surface area contributed by atoms with Crippen LogP contribution in [0.1, 0.15) is 18.3 Å². The van der Waals surface area contributed by atoms with Crippen molar-refractivity contribution in [2.45, 2.75) is 37.6 Å². The fourth-order valence-corrected chi connectivity index (χ4v) is 2.98. The second-order valence-electron chi connectivity index (χ2n) is 7.12. The van der Waals surface area contributed by atoms with Crippen LogP contribution in [0.4, 0.5) is 0 Å². The number of aliphatic hydroxyl groups excluding tert-OH is 2. The van der Waals surface area contributed by atoms with Crippen molar-refractivity contribution in [1.82, 2.24) is 14.5 Å². The monoisotopic (exact) mass is 481 g/mol. The second kappa shape index (κ2) is 11.5. The summed E-state index contributed by atoms with van der Waals surface area (Å²) in [6, 6.07) is 4.23. The quantitative estimate of drug-likeness (QED) is 0.197. The molecule has 0 aliphatic carbocycles. The molecule has 1 aliphatic heterocycles. The molecule has 1 aliphatic rings. The van der Waals surface area contributed by atoms with Crippen LogP contribution in [-0.4, -0.2) is 75.5 Å². The molecule has 4 unspecified atom stereocenters. The van der Waals surface area contributed by atoms with E-state index in [4.69, 9.17) is 23.7 Å². The average Bonchev–Trinajstić information content (AvgIpc) is 3.09. The van der Waals surface area contributed by atoms with Crippen LogP contribution in [0.5, 0.6) is 5.75 Å². The lowest BCUT2D eigenvalue weighted by Crippen LogP contribution is -2.37. The molecule has 14 nitrogen and oxygen atoms in total. The minimum Gasteiger partial charge on any atom is -0.466 e. The summed E-state index contributed by atoms with van der Waals surface area (Å²) < 4.78 is 26.2. The van der Waals surface area contributed by atoms with E-state index in [1.54, 1.807) is 12.1 Å². The highest BCUT2D eigenvalue weighted by molar-refractivity contribution is 5.91. The maximum absolute atomic E-state index is 11.9. The minimum absolute atomic E-state index is 0.0618. The largest absolute Gasteiger partial charge is 0.466 e. The minimum atomic E-state index is -1.53. The molecule has 2 aromatic heterocycles. The average molecular weight is 481 g/mol. The topological polar surface area (TPSA) is 188 Å². The molecule has 3 N–H and O–H groups in total. The first kappa shape index (κ1) is 25.0. The number of carbonyl (C=O) groups is 2. The molecule has 2 aromatic rings. The molecule has 3 heterocycles. The van der Waals surface area contributed by atoms with Gasteiger partial charge in [-0.05, 0) is 12.1 Å². The summed E-state index contributed by atoms with van der Waals surface area (Å²) in [4.78, 5) is 52.9. The van der Waals surface area contributed by atoms with Gasteiger partial charge in [-0.15, -0.1) is 0 Å². The Hall–Kier alpha value is -3.59. The standard InChI is InChI=1S/C20H23N3O11/c1-30-10-33-12-3-2-11(21-7-12)8-31-15(25)6-16(26)32-9-13-17(27)18(28)19(34-13)23-5-4-14(24)22-20(23)29/h2-5,7,13,17-19,27-28H,6,8-10H2,1H3,(H,22,24,29). The molecule has 0 radical (unpaired) electrons. The number of aliphatic hydroxyl groups is 2. The van der Waals surface area contributed by atoms with Gasteiger partial charge in [0.1, 0.15) is 43.7 Å². The molecular formula is C20H23N3O11. The predicted molar refractivity (Wildman–Crippen MR) is 109 cm³/mol. The summed E-state index contributed by atoms with van der Waals surface area (Å²) in [6.07, 6.45) is -3.70. The Morgan fingerprint density at radius 2 is 1.91 bits per heavy atom. The van der Waals surface area contributed by atoms with Gasteiger partial charge in [0.25, 0.3) is 5.56 Å². The van der Waals surface area contributed by atoms with E-state index in [0.29, 0.717) is 11.4 Å². The predicted octanol–water partition coefficient (Wildman–Crippen LogP) is -1.79. The number of nitrogens with zero attached hydrogens (tertiary/aromatic N) is 2. The van der Waals surface area contributed by atoms with Gasteiger partial charge in [0.05, 0.1) is 11.9 Å². The van der Waals surface area contributed by atoms with E-state index in [1.807, 2.05) is 4.98 Å². The van der Waals surface area contributed by atoms with Gasteiger partial charge in [-0.3, -0.25) is 28.9 Å². The molecule has 3 rings (SSSR count). The van der Waals surface area contributed by atoms with E-state index >= 15 is 0 Å². The first-order chi connectivity index (χ1) is 16.3. The van der Waals surface area contributed by atoms with Crippen LogP contribution in [0.3, 0.4) is 0 Å². The first-order valence-corrected chi connectivity index (χ1v) is 9.99. The van der Waals surface area contributed by atoms with Gasteiger partial charge in [0.15, 0.2) is 13.0 Å². The Balaban J connectivity index is 1.43. The van der Waals surface area contributed by atoms with Gasteiger partial charge in [-0.1, -0.05) is 0 Å². The van der Waals surface area contributed by atoms with E-state index in [-0.39, 0.29) is 13.4 Å². The Kier molecular flexibility index (Phi) is 8.48. The number of H-pyrrole nitrogens is 1. The number of aromatic amines is 1. The van der Waals surface area contributed by atoms with Crippen molar-refractivity contribution in [1.29, 1.82) is 0 Å². The lowest BCUT2D eigenvalue weighted by Gasteiger charge is -2.16. The van der Waals surface area contributed by atoms with Crippen molar-refractivity contribution in [2.75, 3.05) is 20.5 Å². The third-order valence-corrected chi connectivity index (χ3v) is 4.68. The smallest absolute Gasteiger partial charge is 0.330 e. The lowest BCUT2D eigenvalue weighted by molar-refractivity contribution is -0.158. The van der Waals surface area contributed by atoms with Gasteiger partial charge in [-0.25, -0.2) is 4.79 Å². The Labute approximate surface area is 191 Å². The number of ether oxygens (including phenoxy) is 5. The number of esters is 2. The maximum atomic E-state index is 11.9. The van der Waals surface area contributed by atoms with Crippen molar-refractivity contribution in [2.24, 2.45) is 0 Å². The Morgan fingerprint density at radius 1 is 1.15 bits per heavy atom. The van der Waals surface area contributed by atoms with Crippen LogP contribution in [0.15, 0.2) is 40.2 Å². The summed E-state index contributed by atoms with van der Waals surface area (Å²) >= 11 is 0. The molecule has 184 valence electrons. The van der Waals surface area contributed by atoms with Crippen molar-refractivity contribution in [3.05, 3.63) is 57.1 Å². The highest BCUT2D eigenvalue weighted by Gasteiger charge is 2.44. The van der Waals surface area contributed by atoms with Gasteiger partial charge in [0.2, 0.25) is 0 Å². The number of methoxy groups -OCH3 is 1. The number of hydrogen-bond donors (Lipinski definition) is 3. The Morgan fingerprint density at radius 3 is 2.59 bits per heavy atom. The number of nitrogens with one attached hydrogen (secondary N) is 1. The van der Waals surface area contributed by atoms with Crippen molar-refractivity contribution >= 4 is 11.9 Å². The van der Waals surface area contributed by atoms with Crippen molar-refractivity contribution < 1.29 is 43.5 Å². The Bertz CT molecular complexity index is 1100. The highest BCUT2D eigenvalue weighted by atomic mass is 16.7. The molecule has 14 heteroatoms. The summed E-state index contributed by atoms with van der Waals surface area (Å²) in [5, 5.41) is 20.3. The van der Waals surface area contributed by atoms with E-state index in [0.717, 1.165) is 16.8 Å². The molecule has 0 spiro atoms. The third-order valence-electron chi connectivity index (χ3n) is 4.68. The number of aromatic nitrogens is 3. The zero-order valence-electron chi connectivity index (χ0n) is 18.0. The number of rotatable bonds is 10. The molecule has 1 fully saturated rings. The van der Waals surface area contributed by atoms with E-state index in [1.165, 1.54) is 13.3 Å². The maximum Gasteiger partial charge on any atom is 0.330 e. The van der Waals surface area contributed by atoms with Gasteiger partial charge in [0, 0.05) is 19.4 Å². The van der Waals surface area contributed by atoms with Gasteiger partial charge >= 0.3 is 17.6 Å². The molecule has 1 saturated heterocycles. The van der Waals surface area contributed by atoms with E-state index in [2.05, 4.69) is 4.98 Å². The molecular weight excluding hydrogens is 458 g/mol. The summed E-state index contributed by atoms with van der Waals surface area (Å²) in [5.41, 5.74) is -1.07. The third kappa shape index (κ3) is 6.48. The zero-order valence-corrected chi connectivity index (χ0v) is 18.0. The normalized spacial score (nSPS) is 21.7. The fourth-order valence-electron chi connectivity index (χ4n) is 2.98. The van der Waals surface area contributed by atoms with E-state index < -0.39 is 60.8 Å². The first-order valence-electron chi connectivity index (χ1n) is 9.99. The van der Waals surface area contributed by atoms with Crippen LogP contribution in [-0.2, 0) is 35.1 Å². The molecule has 0 amide bonds. The van der Waals surface area contributed by atoms with Gasteiger partial charge in [-0.2, -0.15) is 0 Å². The fraction of sp³-hybridized carbons (Fsp3) is 0.450. The van der Waals surface area contributed by atoms with E-state index in [9.17, 15) is 29.4 Å². The highest BCUT2D eigenvalue weighted by Crippen LogP contribution is 2.28. The summed E-state index contributed by atoms with van der Waals surface area (Å²) in [7, 11) is 1.48. The molecule has 0 saturated carbocycles. The summed E-state index contributed by atoms with van der Waals surface area (Å²) in [5.74, 6) is -1.34. The number of pyridine rings is 1. The second-order valence-corrected chi connectivity index (χ2v) is 7.12. The van der Waals surface area contributed by atoms with Crippen molar-refractivity contribution in [3.8, 4) is 5.75 Å². The van der Waals surface area contributed by atoms with Crippen LogP contribution in [0.25, 0.3) is 0 Å². The number of carbonyl (C=O) groups excluding carboxylic acids is 2. The number of hydrogen-bond acceptors (Lipinski definition) is 12. The summed E-state index contributed by atoms with van der Waals surface area (Å²) in [6.45, 7) is -0.612. The molecule has 34 heavy (non-hydrogen) atoms. The van der Waals surface area contributed by atoms with Crippen LogP contribution in [0.2, 0.25) is 0 Å². The molecule has 0 bridgehead atoms. The van der Waals surface area contributed by atoms with Gasteiger partial charge < -0.3 is 33.9 Å². The SMILES string of the molecule is COCOc1ccc(COC(=O)CC(=O)OCC2OC(n3ccc(=O)[nH]c3=O)C(O)C2O)nc1. The van der Waals surface area contributed by atoms with Crippen LogP contribution < -0.4 is 16.0 Å². The van der Waals surface area contributed by atoms with Crippen molar-refractivity contribution in [3.63, 3.8) is 0 Å². The van der Waals surface area contributed by atoms with Crippen LogP contribution in [0, 0.1) is 0 Å². The zero-order chi connectivity index (χ0) is 24.7. The lowest BCUT2D eigenvalue weighted by atomic mass is 10.1. The molecule has 4 atom stereocenters.